The highest BCUT2D eigenvalue weighted by atomic mass is 16.4. The number of carboxylic acids is 1. The summed E-state index contributed by atoms with van der Waals surface area (Å²) in [6, 6.07) is 1.77. The highest BCUT2D eigenvalue weighted by Gasteiger charge is 2.26. The minimum atomic E-state index is -0.682. The van der Waals surface area contributed by atoms with Gasteiger partial charge in [0.05, 0.1) is 0 Å². The molecular formula is C15H30N2O2. The Labute approximate surface area is 117 Å². The van der Waals surface area contributed by atoms with Gasteiger partial charge in [-0.15, -0.1) is 0 Å². The fourth-order valence-electron chi connectivity index (χ4n) is 3.01. The fraction of sp³-hybridized carbons (Fsp3) is 0.933. The fourth-order valence-corrected chi connectivity index (χ4v) is 3.01. The topological polar surface area (TPSA) is 43.8 Å². The molecule has 0 aliphatic carbocycles. The lowest BCUT2D eigenvalue weighted by molar-refractivity contribution is -0.137. The van der Waals surface area contributed by atoms with Gasteiger partial charge in [0, 0.05) is 24.5 Å². The first kappa shape index (κ1) is 16.4. The second kappa shape index (κ2) is 7.85. The second-order valence-corrected chi connectivity index (χ2v) is 6.19. The molecule has 0 spiro atoms. The van der Waals surface area contributed by atoms with Crippen molar-refractivity contribution in [3.05, 3.63) is 0 Å². The Bertz CT molecular complexity index is 271. The van der Waals surface area contributed by atoms with E-state index >= 15 is 0 Å². The van der Waals surface area contributed by atoms with E-state index in [-0.39, 0.29) is 6.42 Å². The number of piperidine rings is 1. The van der Waals surface area contributed by atoms with Crippen molar-refractivity contribution in [3.8, 4) is 0 Å². The number of hydrogen-bond donors (Lipinski definition) is 1. The van der Waals surface area contributed by atoms with E-state index in [0.717, 1.165) is 13.0 Å². The molecule has 1 heterocycles. The van der Waals surface area contributed by atoms with E-state index in [2.05, 4.69) is 37.5 Å². The summed E-state index contributed by atoms with van der Waals surface area (Å²) in [5.41, 5.74) is 0. The van der Waals surface area contributed by atoms with Gasteiger partial charge in [0.15, 0.2) is 0 Å². The van der Waals surface area contributed by atoms with Gasteiger partial charge in [0.2, 0.25) is 0 Å². The molecule has 112 valence electrons. The number of hydrogen-bond acceptors (Lipinski definition) is 3. The largest absolute Gasteiger partial charge is 0.481 e. The summed E-state index contributed by atoms with van der Waals surface area (Å²) in [5.74, 6) is -0.682. The van der Waals surface area contributed by atoms with Crippen molar-refractivity contribution in [3.63, 3.8) is 0 Å². The van der Waals surface area contributed by atoms with Crippen molar-refractivity contribution in [2.75, 3.05) is 19.6 Å². The maximum atomic E-state index is 10.6. The minimum Gasteiger partial charge on any atom is -0.481 e. The van der Waals surface area contributed by atoms with E-state index in [4.69, 9.17) is 5.11 Å². The van der Waals surface area contributed by atoms with E-state index in [0.29, 0.717) is 18.1 Å². The molecule has 0 saturated carbocycles. The van der Waals surface area contributed by atoms with Crippen LogP contribution < -0.4 is 0 Å². The first-order valence-corrected chi connectivity index (χ1v) is 7.63. The third-order valence-electron chi connectivity index (χ3n) is 4.17. The molecule has 0 aromatic heterocycles. The molecule has 1 rings (SSSR count). The zero-order chi connectivity index (χ0) is 14.4. The van der Waals surface area contributed by atoms with Crippen molar-refractivity contribution < 1.29 is 9.90 Å². The second-order valence-electron chi connectivity index (χ2n) is 6.19. The van der Waals surface area contributed by atoms with Crippen molar-refractivity contribution in [1.82, 2.24) is 9.80 Å². The van der Waals surface area contributed by atoms with E-state index in [1.165, 1.54) is 25.9 Å². The molecule has 4 heteroatoms. The zero-order valence-electron chi connectivity index (χ0n) is 12.9. The Kier molecular flexibility index (Phi) is 6.80. The summed E-state index contributed by atoms with van der Waals surface area (Å²) in [6.07, 6.45) is 3.47. The lowest BCUT2D eigenvalue weighted by Crippen LogP contribution is -2.49. The molecule has 0 unspecified atom stereocenters. The molecule has 0 radical (unpaired) electrons. The van der Waals surface area contributed by atoms with Gasteiger partial charge in [-0.05, 0) is 66.6 Å². The molecule has 19 heavy (non-hydrogen) atoms. The lowest BCUT2D eigenvalue weighted by Gasteiger charge is -2.41. The van der Waals surface area contributed by atoms with Gasteiger partial charge in [0.1, 0.15) is 0 Å². The molecular weight excluding hydrogens is 240 g/mol. The third kappa shape index (κ3) is 5.49. The molecule has 0 amide bonds. The Morgan fingerprint density at radius 2 is 1.84 bits per heavy atom. The maximum Gasteiger partial charge on any atom is 0.303 e. The molecule has 0 atom stereocenters. The van der Waals surface area contributed by atoms with Gasteiger partial charge >= 0.3 is 5.97 Å². The lowest BCUT2D eigenvalue weighted by atomic mass is 10.00. The van der Waals surface area contributed by atoms with Crippen molar-refractivity contribution >= 4 is 5.97 Å². The molecule has 0 aromatic rings. The summed E-state index contributed by atoms with van der Waals surface area (Å²) in [6.45, 7) is 12.2. The molecule has 1 N–H and O–H groups in total. The summed E-state index contributed by atoms with van der Waals surface area (Å²) < 4.78 is 0. The Balaban J connectivity index is 2.42. The molecule has 1 fully saturated rings. The van der Waals surface area contributed by atoms with Crippen LogP contribution in [0.3, 0.4) is 0 Å². The first-order chi connectivity index (χ1) is 8.91. The smallest absolute Gasteiger partial charge is 0.303 e. The monoisotopic (exact) mass is 270 g/mol. The van der Waals surface area contributed by atoms with Gasteiger partial charge in [0.25, 0.3) is 0 Å². The number of nitrogens with zero attached hydrogens (tertiary/aromatic N) is 2. The number of carboxylic acid groups (broad SMARTS) is 1. The van der Waals surface area contributed by atoms with Crippen LogP contribution in [0.1, 0.15) is 53.4 Å². The van der Waals surface area contributed by atoms with Crippen LogP contribution in [0, 0.1) is 0 Å². The quantitative estimate of drug-likeness (QED) is 0.771. The van der Waals surface area contributed by atoms with Crippen molar-refractivity contribution in [2.45, 2.75) is 71.5 Å². The molecule has 0 aromatic carbocycles. The SMILES string of the molecule is CC(C)N1CCC(N(CCCC(=O)O)C(C)C)CC1. The number of rotatable bonds is 7. The molecule has 1 saturated heterocycles. The van der Waals surface area contributed by atoms with Gasteiger partial charge in [-0.1, -0.05) is 0 Å². The van der Waals surface area contributed by atoms with E-state index in [1.807, 2.05) is 0 Å². The molecule has 4 nitrogen and oxygen atoms in total. The number of aliphatic carboxylic acids is 1. The normalized spacial score (nSPS) is 18.7. The average Bonchev–Trinajstić information content (AvgIpc) is 2.34. The van der Waals surface area contributed by atoms with Crippen LogP contribution in [-0.4, -0.2) is 58.6 Å². The standard InChI is InChI=1S/C15H30N2O2/c1-12(2)16-10-7-14(8-11-16)17(13(3)4)9-5-6-15(18)19/h12-14H,5-11H2,1-4H3,(H,18,19). The van der Waals surface area contributed by atoms with Gasteiger partial charge < -0.3 is 10.0 Å². The highest BCUT2D eigenvalue weighted by Crippen LogP contribution is 2.20. The summed E-state index contributed by atoms with van der Waals surface area (Å²) >= 11 is 0. The highest BCUT2D eigenvalue weighted by molar-refractivity contribution is 5.66. The van der Waals surface area contributed by atoms with E-state index < -0.39 is 5.97 Å². The molecule has 1 aliphatic heterocycles. The first-order valence-electron chi connectivity index (χ1n) is 7.63. The van der Waals surface area contributed by atoms with Crippen LogP contribution in [0.2, 0.25) is 0 Å². The van der Waals surface area contributed by atoms with Crippen LogP contribution in [-0.2, 0) is 4.79 Å². The molecule has 1 aliphatic rings. The van der Waals surface area contributed by atoms with Gasteiger partial charge in [-0.2, -0.15) is 0 Å². The number of likely N-dealkylation sites (tertiary alicyclic amines) is 1. The third-order valence-corrected chi connectivity index (χ3v) is 4.17. The number of carbonyl (C=O) groups is 1. The van der Waals surface area contributed by atoms with Crippen LogP contribution >= 0.6 is 0 Å². The predicted molar refractivity (Wildman–Crippen MR) is 78.4 cm³/mol. The van der Waals surface area contributed by atoms with E-state index in [1.54, 1.807) is 0 Å². The van der Waals surface area contributed by atoms with Crippen molar-refractivity contribution in [1.29, 1.82) is 0 Å². The summed E-state index contributed by atoms with van der Waals surface area (Å²) in [7, 11) is 0. The zero-order valence-corrected chi connectivity index (χ0v) is 12.9. The Hall–Kier alpha value is -0.610. The van der Waals surface area contributed by atoms with Gasteiger partial charge in [-0.25, -0.2) is 0 Å². The average molecular weight is 270 g/mol. The Morgan fingerprint density at radius 3 is 2.26 bits per heavy atom. The maximum absolute atomic E-state index is 10.6. The minimum absolute atomic E-state index is 0.286. The predicted octanol–water partition coefficient (Wildman–Crippen LogP) is 2.43. The summed E-state index contributed by atoms with van der Waals surface area (Å²) in [4.78, 5) is 15.7. The van der Waals surface area contributed by atoms with Gasteiger partial charge in [-0.3, -0.25) is 9.69 Å². The van der Waals surface area contributed by atoms with Crippen LogP contribution in [0.4, 0.5) is 0 Å². The summed E-state index contributed by atoms with van der Waals surface area (Å²) in [5, 5.41) is 8.75. The van der Waals surface area contributed by atoms with Crippen LogP contribution in [0.15, 0.2) is 0 Å². The van der Waals surface area contributed by atoms with Crippen molar-refractivity contribution in [2.24, 2.45) is 0 Å². The van der Waals surface area contributed by atoms with E-state index in [9.17, 15) is 4.79 Å². The molecule has 0 bridgehead atoms. The van der Waals surface area contributed by atoms with Crippen LogP contribution in [0.5, 0.6) is 0 Å². The van der Waals surface area contributed by atoms with Crippen LogP contribution in [0.25, 0.3) is 0 Å². The Morgan fingerprint density at radius 1 is 1.26 bits per heavy atom.